The molecular weight excluding hydrogens is 454 g/mol. The number of rotatable bonds is 5. The van der Waals surface area contributed by atoms with Gasteiger partial charge in [-0.05, 0) is 12.1 Å². The van der Waals surface area contributed by atoms with Gasteiger partial charge in [-0.1, -0.05) is 54.2 Å². The Morgan fingerprint density at radius 3 is 2.38 bits per heavy atom. The second-order valence-corrected chi connectivity index (χ2v) is 9.03. The highest BCUT2D eigenvalue weighted by atomic mass is 32.2. The average Bonchev–Trinajstić information content (AvgIpc) is 3.27. The molecule has 5 rings (SSSR count). The van der Waals surface area contributed by atoms with Crippen LogP contribution in [0.25, 0.3) is 11.4 Å². The number of amides is 2. The first kappa shape index (κ1) is 22.3. The first-order chi connectivity index (χ1) is 16.6. The monoisotopic (exact) mass is 479 g/mol. The molecule has 0 N–H and O–H groups in total. The average molecular weight is 480 g/mol. The molecule has 0 aliphatic carbocycles. The minimum absolute atomic E-state index is 0.0209. The van der Waals surface area contributed by atoms with E-state index in [4.69, 9.17) is 9.47 Å². The normalized spacial score (nSPS) is 17.5. The number of ether oxygens (including phenoxy) is 2. The van der Waals surface area contributed by atoms with Crippen molar-refractivity contribution in [1.82, 2.24) is 24.6 Å². The Bertz CT molecular complexity index is 1180. The lowest BCUT2D eigenvalue weighted by atomic mass is 10.2. The Hall–Kier alpha value is -3.53. The van der Waals surface area contributed by atoms with Gasteiger partial charge in [-0.25, -0.2) is 0 Å². The number of thioether (sulfide) groups is 1. The van der Waals surface area contributed by atoms with E-state index >= 15 is 0 Å². The van der Waals surface area contributed by atoms with Crippen LogP contribution >= 0.6 is 11.8 Å². The predicted octanol–water partition coefficient (Wildman–Crippen LogP) is 2.08. The maximum Gasteiger partial charge on any atom is 0.267 e. The van der Waals surface area contributed by atoms with E-state index in [2.05, 4.69) is 10.2 Å². The molecule has 2 aromatic carbocycles. The lowest BCUT2D eigenvalue weighted by Crippen LogP contribution is -2.55. The second kappa shape index (κ2) is 9.76. The third-order valence-corrected chi connectivity index (χ3v) is 6.92. The van der Waals surface area contributed by atoms with Crippen molar-refractivity contribution in [3.8, 4) is 22.9 Å². The van der Waals surface area contributed by atoms with Gasteiger partial charge in [-0.15, -0.1) is 10.2 Å². The van der Waals surface area contributed by atoms with Crippen molar-refractivity contribution >= 4 is 23.6 Å². The van der Waals surface area contributed by atoms with Gasteiger partial charge in [0, 0.05) is 38.8 Å². The van der Waals surface area contributed by atoms with Gasteiger partial charge in [0.1, 0.15) is 6.61 Å². The molecule has 0 radical (unpaired) electrons. The van der Waals surface area contributed by atoms with Crippen LogP contribution in [0.5, 0.6) is 11.5 Å². The van der Waals surface area contributed by atoms with Crippen LogP contribution in [0.15, 0.2) is 59.8 Å². The van der Waals surface area contributed by atoms with Crippen LogP contribution < -0.4 is 9.47 Å². The number of fused-ring (bicyclic) bond motifs is 1. The van der Waals surface area contributed by atoms with Gasteiger partial charge in [0.25, 0.3) is 5.91 Å². The summed E-state index contributed by atoms with van der Waals surface area (Å²) in [6, 6.07) is 17.2. The molecule has 1 atom stereocenters. The van der Waals surface area contributed by atoms with Crippen LogP contribution in [0, 0.1) is 0 Å². The second-order valence-electron chi connectivity index (χ2n) is 8.09. The molecule has 3 aromatic rings. The van der Waals surface area contributed by atoms with E-state index in [1.807, 2.05) is 60.1 Å². The van der Waals surface area contributed by atoms with Crippen molar-refractivity contribution < 1.29 is 19.1 Å². The zero-order chi connectivity index (χ0) is 23.5. The third kappa shape index (κ3) is 4.58. The topological polar surface area (TPSA) is 89.8 Å². The van der Waals surface area contributed by atoms with Gasteiger partial charge >= 0.3 is 0 Å². The molecule has 9 nitrogen and oxygen atoms in total. The fraction of sp³-hybridized carbons (Fsp3) is 0.333. The highest BCUT2D eigenvalue weighted by molar-refractivity contribution is 7.99. The quantitative estimate of drug-likeness (QED) is 0.518. The summed E-state index contributed by atoms with van der Waals surface area (Å²) in [7, 11) is 1.90. The van der Waals surface area contributed by atoms with Gasteiger partial charge in [0.05, 0.1) is 5.75 Å². The van der Waals surface area contributed by atoms with Crippen LogP contribution in [-0.4, -0.2) is 81.0 Å². The van der Waals surface area contributed by atoms with Gasteiger partial charge in [-0.2, -0.15) is 0 Å². The summed E-state index contributed by atoms with van der Waals surface area (Å²) in [6.07, 6.45) is -0.664. The van der Waals surface area contributed by atoms with E-state index < -0.39 is 6.10 Å². The van der Waals surface area contributed by atoms with E-state index in [-0.39, 0.29) is 24.2 Å². The Morgan fingerprint density at radius 1 is 0.941 bits per heavy atom. The Morgan fingerprint density at radius 2 is 1.62 bits per heavy atom. The molecule has 0 bridgehead atoms. The molecule has 34 heavy (non-hydrogen) atoms. The summed E-state index contributed by atoms with van der Waals surface area (Å²) < 4.78 is 13.4. The molecule has 10 heteroatoms. The maximum absolute atomic E-state index is 12.9. The van der Waals surface area contributed by atoms with Crippen molar-refractivity contribution in [1.29, 1.82) is 0 Å². The zero-order valence-corrected chi connectivity index (χ0v) is 19.6. The lowest BCUT2D eigenvalue weighted by Gasteiger charge is -2.37. The standard InChI is InChI=1S/C24H25N5O4S/c1-27-22(17-7-3-2-4-8-17)25-26-24(27)34-16-21(30)28-11-13-29(14-12-28)23(31)20-15-32-18-9-5-6-10-19(18)33-20/h2-10,20H,11-16H2,1H3/t20-/m1/s1. The van der Waals surface area contributed by atoms with Gasteiger partial charge in [-0.3, -0.25) is 9.59 Å². The molecule has 0 spiro atoms. The first-order valence-corrected chi connectivity index (χ1v) is 12.1. The Labute approximate surface area is 201 Å². The number of hydrogen-bond donors (Lipinski definition) is 0. The Balaban J connectivity index is 1.11. The molecular formula is C24H25N5O4S. The Kier molecular flexibility index (Phi) is 6.39. The fourth-order valence-electron chi connectivity index (χ4n) is 4.02. The fourth-order valence-corrected chi connectivity index (χ4v) is 4.83. The summed E-state index contributed by atoms with van der Waals surface area (Å²) >= 11 is 1.37. The molecule has 0 unspecified atom stereocenters. The number of carbonyl (C=O) groups excluding carboxylic acids is 2. The van der Waals surface area contributed by atoms with Crippen LogP contribution in [0.3, 0.4) is 0 Å². The SMILES string of the molecule is Cn1c(SCC(=O)N2CCN(C(=O)[C@H]3COc4ccccc4O3)CC2)nnc1-c1ccccc1. The summed E-state index contributed by atoms with van der Waals surface area (Å²) in [4.78, 5) is 29.2. The smallest absolute Gasteiger partial charge is 0.267 e. The van der Waals surface area contributed by atoms with Crippen LogP contribution in [0.4, 0.5) is 0 Å². The number of nitrogens with zero attached hydrogens (tertiary/aromatic N) is 5. The van der Waals surface area contributed by atoms with E-state index in [1.54, 1.807) is 15.9 Å². The first-order valence-electron chi connectivity index (χ1n) is 11.1. The molecule has 0 saturated carbocycles. The molecule has 2 aliphatic rings. The highest BCUT2D eigenvalue weighted by Crippen LogP contribution is 2.31. The van der Waals surface area contributed by atoms with Crippen LogP contribution in [0.2, 0.25) is 0 Å². The molecule has 1 aromatic heterocycles. The number of para-hydroxylation sites is 2. The summed E-state index contributed by atoms with van der Waals surface area (Å²) in [5.41, 5.74) is 0.979. The number of aromatic nitrogens is 3. The molecule has 176 valence electrons. The maximum atomic E-state index is 12.9. The zero-order valence-electron chi connectivity index (χ0n) is 18.8. The number of carbonyl (C=O) groups is 2. The predicted molar refractivity (Wildman–Crippen MR) is 127 cm³/mol. The van der Waals surface area contributed by atoms with Crippen LogP contribution in [-0.2, 0) is 16.6 Å². The lowest BCUT2D eigenvalue weighted by molar-refractivity contribution is -0.145. The molecule has 3 heterocycles. The molecule has 2 amide bonds. The van der Waals surface area contributed by atoms with E-state index in [9.17, 15) is 9.59 Å². The van der Waals surface area contributed by atoms with Gasteiger partial charge in [0.2, 0.25) is 12.0 Å². The van der Waals surface area contributed by atoms with Gasteiger partial charge < -0.3 is 23.8 Å². The summed E-state index contributed by atoms with van der Waals surface area (Å²) in [5.74, 6) is 2.18. The molecule has 1 fully saturated rings. The molecule has 2 aliphatic heterocycles. The minimum Gasteiger partial charge on any atom is -0.485 e. The van der Waals surface area contributed by atoms with E-state index in [1.165, 1.54) is 11.8 Å². The highest BCUT2D eigenvalue weighted by Gasteiger charge is 2.33. The number of benzene rings is 2. The third-order valence-electron chi connectivity index (χ3n) is 5.92. The molecule has 1 saturated heterocycles. The van der Waals surface area contributed by atoms with Crippen molar-refractivity contribution in [3.05, 3.63) is 54.6 Å². The van der Waals surface area contributed by atoms with E-state index in [0.29, 0.717) is 42.8 Å². The van der Waals surface area contributed by atoms with E-state index in [0.717, 1.165) is 11.4 Å². The van der Waals surface area contributed by atoms with Crippen molar-refractivity contribution in [2.45, 2.75) is 11.3 Å². The van der Waals surface area contributed by atoms with Crippen molar-refractivity contribution in [2.75, 3.05) is 38.5 Å². The number of hydrogen-bond acceptors (Lipinski definition) is 7. The van der Waals surface area contributed by atoms with Crippen LogP contribution in [0.1, 0.15) is 0 Å². The van der Waals surface area contributed by atoms with Crippen molar-refractivity contribution in [3.63, 3.8) is 0 Å². The minimum atomic E-state index is -0.664. The van der Waals surface area contributed by atoms with Crippen molar-refractivity contribution in [2.24, 2.45) is 7.05 Å². The summed E-state index contributed by atoms with van der Waals surface area (Å²) in [6.45, 7) is 2.11. The van der Waals surface area contributed by atoms with Gasteiger partial charge in [0.15, 0.2) is 22.5 Å². The largest absolute Gasteiger partial charge is 0.485 e. The summed E-state index contributed by atoms with van der Waals surface area (Å²) in [5, 5.41) is 9.19. The number of piperazine rings is 1.